The monoisotopic (exact) mass is 525 g/mol. The molecule has 1 fully saturated rings. The molecule has 1 heterocycles. The van der Waals surface area contributed by atoms with E-state index in [0.29, 0.717) is 29.8 Å². The molecule has 0 saturated heterocycles. The summed E-state index contributed by atoms with van der Waals surface area (Å²) in [5.74, 6) is -1.84. The Morgan fingerprint density at radius 1 is 1.11 bits per heavy atom. The molecule has 1 N–H and O–H groups in total. The van der Waals surface area contributed by atoms with Crippen molar-refractivity contribution in [3.63, 3.8) is 0 Å². The summed E-state index contributed by atoms with van der Waals surface area (Å²) in [6, 6.07) is 10.4. The predicted octanol–water partition coefficient (Wildman–Crippen LogP) is 6.78. The van der Waals surface area contributed by atoms with E-state index in [1.807, 2.05) is 20.8 Å². The maximum Gasteiger partial charge on any atom is 0.416 e. The highest BCUT2D eigenvalue weighted by Gasteiger charge is 2.69. The standard InChI is InChI=1S/C30H27F4NO3/c1-28(2)12-19(17-6-4-5-7-20(17)30(32,33)34)18-8-16(24(31)11-21(18)28)14-38-25-10-15-9-22-26(27(36)37)29(22,3)23(15)13-35-25/h4-8,10-11,13,19,22,26H,9,12,14H2,1-3H3,(H,36,37)/t19?,22-,26+,29?/m0/s1. The van der Waals surface area contributed by atoms with Crippen LogP contribution in [0.3, 0.4) is 0 Å². The fourth-order valence-corrected chi connectivity index (χ4v) is 7.01. The number of pyridine rings is 1. The maximum atomic E-state index is 15.2. The molecule has 0 radical (unpaired) electrons. The van der Waals surface area contributed by atoms with Gasteiger partial charge in [0.05, 0.1) is 11.5 Å². The number of aromatic nitrogens is 1. The van der Waals surface area contributed by atoms with Crippen LogP contribution < -0.4 is 4.74 Å². The molecule has 3 aromatic rings. The summed E-state index contributed by atoms with van der Waals surface area (Å²) < 4.78 is 62.5. The summed E-state index contributed by atoms with van der Waals surface area (Å²) in [7, 11) is 0. The van der Waals surface area contributed by atoms with Crippen molar-refractivity contribution in [1.82, 2.24) is 4.98 Å². The summed E-state index contributed by atoms with van der Waals surface area (Å²) in [6.45, 7) is 5.66. The van der Waals surface area contributed by atoms with Crippen molar-refractivity contribution in [2.75, 3.05) is 0 Å². The zero-order valence-corrected chi connectivity index (χ0v) is 21.2. The van der Waals surface area contributed by atoms with E-state index in [-0.39, 0.29) is 23.7 Å². The van der Waals surface area contributed by atoms with Gasteiger partial charge in [-0.3, -0.25) is 4.79 Å². The largest absolute Gasteiger partial charge is 0.481 e. The molecule has 2 unspecified atom stereocenters. The molecule has 4 nitrogen and oxygen atoms in total. The van der Waals surface area contributed by atoms with E-state index >= 15 is 4.39 Å². The van der Waals surface area contributed by atoms with Crippen molar-refractivity contribution in [2.45, 2.75) is 63.1 Å². The first-order valence-corrected chi connectivity index (χ1v) is 12.7. The van der Waals surface area contributed by atoms with Gasteiger partial charge in [-0.2, -0.15) is 13.2 Å². The summed E-state index contributed by atoms with van der Waals surface area (Å²) >= 11 is 0. The number of fused-ring (bicyclic) bond motifs is 4. The van der Waals surface area contributed by atoms with Gasteiger partial charge in [0, 0.05) is 29.2 Å². The number of alkyl halides is 3. The average Bonchev–Trinajstić information content (AvgIpc) is 3.21. The van der Waals surface area contributed by atoms with Crippen LogP contribution in [-0.4, -0.2) is 16.1 Å². The van der Waals surface area contributed by atoms with E-state index in [1.165, 1.54) is 18.2 Å². The van der Waals surface area contributed by atoms with Crippen LogP contribution in [0.4, 0.5) is 17.6 Å². The first kappa shape index (κ1) is 24.9. The number of carboxylic acid groups (broad SMARTS) is 1. The van der Waals surface area contributed by atoms with E-state index in [4.69, 9.17) is 4.74 Å². The van der Waals surface area contributed by atoms with Crippen LogP contribution >= 0.6 is 0 Å². The third-order valence-electron chi connectivity index (χ3n) is 9.02. The molecule has 3 aliphatic rings. The van der Waals surface area contributed by atoms with E-state index < -0.39 is 46.2 Å². The van der Waals surface area contributed by atoms with Crippen LogP contribution in [0.25, 0.3) is 0 Å². The fraction of sp³-hybridized carbons (Fsp3) is 0.400. The Hall–Kier alpha value is -3.42. The minimum atomic E-state index is -4.49. The third-order valence-corrected chi connectivity index (χ3v) is 9.02. The molecule has 4 atom stereocenters. The summed E-state index contributed by atoms with van der Waals surface area (Å²) in [5, 5.41) is 9.45. The summed E-state index contributed by atoms with van der Waals surface area (Å²) in [6.07, 6.45) is -1.77. The first-order valence-electron chi connectivity index (χ1n) is 12.7. The predicted molar refractivity (Wildman–Crippen MR) is 132 cm³/mol. The van der Waals surface area contributed by atoms with Crippen LogP contribution in [0.5, 0.6) is 5.88 Å². The van der Waals surface area contributed by atoms with Crippen LogP contribution in [0.2, 0.25) is 0 Å². The summed E-state index contributed by atoms with van der Waals surface area (Å²) in [4.78, 5) is 15.9. The Labute approximate surface area is 217 Å². The van der Waals surface area contributed by atoms with Gasteiger partial charge in [-0.25, -0.2) is 9.37 Å². The van der Waals surface area contributed by atoms with Crippen molar-refractivity contribution in [3.8, 4) is 5.88 Å². The number of hydrogen-bond donors (Lipinski definition) is 1. The van der Waals surface area contributed by atoms with Crippen LogP contribution in [0, 0.1) is 17.7 Å². The number of carboxylic acids is 1. The van der Waals surface area contributed by atoms with Gasteiger partial charge in [-0.1, -0.05) is 39.0 Å². The van der Waals surface area contributed by atoms with E-state index in [2.05, 4.69) is 4.98 Å². The first-order chi connectivity index (χ1) is 17.8. The Kier molecular flexibility index (Phi) is 5.27. The summed E-state index contributed by atoms with van der Waals surface area (Å²) in [5.41, 5.74) is 2.15. The van der Waals surface area contributed by atoms with E-state index in [0.717, 1.165) is 17.2 Å². The zero-order chi connectivity index (χ0) is 27.2. The zero-order valence-electron chi connectivity index (χ0n) is 21.2. The number of nitrogens with zero attached hydrogens (tertiary/aromatic N) is 1. The van der Waals surface area contributed by atoms with Gasteiger partial charge >= 0.3 is 12.1 Å². The van der Waals surface area contributed by atoms with Gasteiger partial charge in [-0.15, -0.1) is 0 Å². The molecule has 0 spiro atoms. The van der Waals surface area contributed by atoms with E-state index in [9.17, 15) is 23.1 Å². The molecule has 1 aromatic heterocycles. The lowest BCUT2D eigenvalue weighted by atomic mass is 9.84. The minimum absolute atomic E-state index is 0.0427. The smallest absolute Gasteiger partial charge is 0.416 e. The van der Waals surface area contributed by atoms with Crippen molar-refractivity contribution >= 4 is 5.97 Å². The van der Waals surface area contributed by atoms with Crippen molar-refractivity contribution in [2.24, 2.45) is 11.8 Å². The second kappa shape index (κ2) is 8.04. The molecule has 6 rings (SSSR count). The Balaban J connectivity index is 1.28. The van der Waals surface area contributed by atoms with Gasteiger partial charge < -0.3 is 9.84 Å². The van der Waals surface area contributed by atoms with Gasteiger partial charge in [-0.05, 0) is 70.2 Å². The molecule has 2 aromatic carbocycles. The lowest BCUT2D eigenvalue weighted by Gasteiger charge is -2.21. The molecule has 0 aliphatic heterocycles. The van der Waals surface area contributed by atoms with Crippen molar-refractivity contribution in [3.05, 3.63) is 93.4 Å². The molecule has 198 valence electrons. The number of aliphatic carboxylic acids is 1. The molecule has 0 amide bonds. The number of rotatable bonds is 5. The van der Waals surface area contributed by atoms with Gasteiger partial charge in [0.1, 0.15) is 12.4 Å². The molecule has 3 aliphatic carbocycles. The molecule has 38 heavy (non-hydrogen) atoms. The average molecular weight is 526 g/mol. The molecule has 8 heteroatoms. The lowest BCUT2D eigenvalue weighted by Crippen LogP contribution is -2.15. The quantitative estimate of drug-likeness (QED) is 0.373. The minimum Gasteiger partial charge on any atom is -0.481 e. The highest BCUT2D eigenvalue weighted by Crippen LogP contribution is 2.66. The molecular formula is C30H27F4NO3. The molecular weight excluding hydrogens is 498 g/mol. The van der Waals surface area contributed by atoms with Gasteiger partial charge in [0.25, 0.3) is 0 Å². The van der Waals surface area contributed by atoms with Gasteiger partial charge in [0.15, 0.2) is 0 Å². The number of benzene rings is 2. The highest BCUT2D eigenvalue weighted by atomic mass is 19.4. The van der Waals surface area contributed by atoms with Crippen molar-refractivity contribution < 1.29 is 32.2 Å². The number of halogens is 4. The fourth-order valence-electron chi connectivity index (χ4n) is 7.01. The molecule has 1 saturated carbocycles. The maximum absolute atomic E-state index is 15.2. The highest BCUT2D eigenvalue weighted by molar-refractivity contribution is 5.80. The topological polar surface area (TPSA) is 59.4 Å². The number of ether oxygens (including phenoxy) is 1. The second-order valence-corrected chi connectivity index (χ2v) is 11.6. The number of carbonyl (C=O) groups is 1. The third kappa shape index (κ3) is 3.63. The second-order valence-electron chi connectivity index (χ2n) is 11.6. The SMILES string of the molecule is CC1(C)CC(c2ccccc2C(F)(F)F)c2cc(COc3cc4c(cn3)C3(C)[C@@H](C4)[C@@H]3C(=O)O)c(F)cc21. The lowest BCUT2D eigenvalue weighted by molar-refractivity contribution is -0.139. The number of hydrogen-bond acceptors (Lipinski definition) is 3. The van der Waals surface area contributed by atoms with E-state index in [1.54, 1.807) is 24.4 Å². The Bertz CT molecular complexity index is 1480. The Morgan fingerprint density at radius 2 is 1.84 bits per heavy atom. The van der Waals surface area contributed by atoms with Crippen LogP contribution in [0.1, 0.15) is 72.1 Å². The molecule has 0 bridgehead atoms. The normalized spacial score (nSPS) is 26.4. The van der Waals surface area contributed by atoms with Crippen molar-refractivity contribution in [1.29, 1.82) is 0 Å². The van der Waals surface area contributed by atoms with Gasteiger partial charge in [0.2, 0.25) is 5.88 Å². The van der Waals surface area contributed by atoms with Crippen LogP contribution in [0.15, 0.2) is 48.7 Å². The Morgan fingerprint density at radius 3 is 2.55 bits per heavy atom. The van der Waals surface area contributed by atoms with Crippen LogP contribution in [-0.2, 0) is 34.8 Å².